The van der Waals surface area contributed by atoms with Crippen molar-refractivity contribution in [1.82, 2.24) is 9.97 Å². The first-order chi connectivity index (χ1) is 6.77. The lowest BCUT2D eigenvalue weighted by Gasteiger charge is -2.05. The minimum Gasteiger partial charge on any atom is -0.381 e. The zero-order valence-corrected chi connectivity index (χ0v) is 8.66. The van der Waals surface area contributed by atoms with Gasteiger partial charge in [0.2, 0.25) is 0 Å². The summed E-state index contributed by atoms with van der Waals surface area (Å²) in [7, 11) is 0. The molecule has 2 aromatic rings. The Balaban J connectivity index is 2.29. The van der Waals surface area contributed by atoms with Gasteiger partial charge in [-0.05, 0) is 6.07 Å². The standard InChI is InChI=1S/C9H7ClN2OS/c10-7-5-12-9(14-7)8(13)6-2-1-3-11-4-6/h1-5,8,13H. The quantitative estimate of drug-likeness (QED) is 0.855. The zero-order valence-electron chi connectivity index (χ0n) is 7.09. The van der Waals surface area contributed by atoms with Gasteiger partial charge in [-0.25, -0.2) is 4.98 Å². The number of hydrogen-bond acceptors (Lipinski definition) is 4. The van der Waals surface area contributed by atoms with Crippen LogP contribution in [0.1, 0.15) is 16.7 Å². The predicted octanol–water partition coefficient (Wildman–Crippen LogP) is 2.27. The molecule has 2 rings (SSSR count). The first-order valence-corrected chi connectivity index (χ1v) is 5.16. The second-order valence-electron chi connectivity index (χ2n) is 2.69. The largest absolute Gasteiger partial charge is 0.381 e. The molecule has 0 spiro atoms. The van der Waals surface area contributed by atoms with Gasteiger partial charge in [-0.1, -0.05) is 17.7 Å². The number of hydrogen-bond donors (Lipinski definition) is 1. The average molecular weight is 227 g/mol. The van der Waals surface area contributed by atoms with Crippen LogP contribution in [0.5, 0.6) is 0 Å². The molecule has 0 saturated heterocycles. The molecule has 0 saturated carbocycles. The molecule has 0 bridgehead atoms. The van der Waals surface area contributed by atoms with Gasteiger partial charge in [0, 0.05) is 18.0 Å². The van der Waals surface area contributed by atoms with E-state index >= 15 is 0 Å². The fraction of sp³-hybridized carbons (Fsp3) is 0.111. The third-order valence-electron chi connectivity index (χ3n) is 1.73. The summed E-state index contributed by atoms with van der Waals surface area (Å²) in [4.78, 5) is 7.92. The van der Waals surface area contributed by atoms with Gasteiger partial charge in [0.15, 0.2) is 0 Å². The van der Waals surface area contributed by atoms with Crippen LogP contribution in [0.4, 0.5) is 0 Å². The molecule has 1 N–H and O–H groups in total. The van der Waals surface area contributed by atoms with Crippen LogP contribution in [0, 0.1) is 0 Å². The number of aliphatic hydroxyl groups excluding tert-OH is 1. The molecule has 2 heterocycles. The normalized spacial score (nSPS) is 12.7. The van der Waals surface area contributed by atoms with E-state index in [1.807, 2.05) is 0 Å². The molecule has 0 aliphatic carbocycles. The number of aliphatic hydroxyl groups is 1. The Kier molecular flexibility index (Phi) is 2.77. The second kappa shape index (κ2) is 4.04. The van der Waals surface area contributed by atoms with E-state index in [0.29, 0.717) is 9.34 Å². The molecular weight excluding hydrogens is 220 g/mol. The van der Waals surface area contributed by atoms with Gasteiger partial charge in [-0.3, -0.25) is 4.98 Å². The molecule has 2 aromatic heterocycles. The lowest BCUT2D eigenvalue weighted by atomic mass is 10.2. The van der Waals surface area contributed by atoms with Crippen LogP contribution < -0.4 is 0 Å². The number of pyridine rings is 1. The smallest absolute Gasteiger partial charge is 0.132 e. The fourth-order valence-electron chi connectivity index (χ4n) is 1.07. The predicted molar refractivity (Wildman–Crippen MR) is 55.4 cm³/mol. The maximum atomic E-state index is 9.85. The first kappa shape index (κ1) is 9.58. The van der Waals surface area contributed by atoms with Gasteiger partial charge < -0.3 is 5.11 Å². The fourth-order valence-corrected chi connectivity index (χ4v) is 2.02. The highest BCUT2D eigenvalue weighted by molar-refractivity contribution is 7.15. The number of aromatic nitrogens is 2. The highest BCUT2D eigenvalue weighted by atomic mass is 35.5. The molecule has 5 heteroatoms. The maximum absolute atomic E-state index is 9.85. The van der Waals surface area contributed by atoms with Crippen LogP contribution in [0.2, 0.25) is 4.34 Å². The molecular formula is C9H7ClN2OS. The van der Waals surface area contributed by atoms with Crippen molar-refractivity contribution in [1.29, 1.82) is 0 Å². The Bertz CT molecular complexity index is 418. The SMILES string of the molecule is OC(c1cccnc1)c1ncc(Cl)s1. The Morgan fingerprint density at radius 3 is 2.86 bits per heavy atom. The summed E-state index contributed by atoms with van der Waals surface area (Å²) in [5.41, 5.74) is 0.721. The second-order valence-corrected chi connectivity index (χ2v) is 4.39. The van der Waals surface area contributed by atoms with E-state index in [9.17, 15) is 5.11 Å². The summed E-state index contributed by atoms with van der Waals surface area (Å²) >= 11 is 6.99. The minimum absolute atomic E-state index is 0.572. The summed E-state index contributed by atoms with van der Waals surface area (Å²) in [6.45, 7) is 0. The lowest BCUT2D eigenvalue weighted by Crippen LogP contribution is -1.98. The molecule has 0 aliphatic rings. The van der Waals surface area contributed by atoms with Crippen LogP contribution in [-0.4, -0.2) is 15.1 Å². The number of nitrogens with zero attached hydrogens (tertiary/aromatic N) is 2. The van der Waals surface area contributed by atoms with Crippen molar-refractivity contribution in [3.8, 4) is 0 Å². The van der Waals surface area contributed by atoms with E-state index in [4.69, 9.17) is 11.6 Å². The van der Waals surface area contributed by atoms with Gasteiger partial charge in [0.1, 0.15) is 15.4 Å². The van der Waals surface area contributed by atoms with Crippen molar-refractivity contribution >= 4 is 22.9 Å². The topological polar surface area (TPSA) is 46.0 Å². The number of thiazole rings is 1. The molecule has 1 unspecified atom stereocenters. The van der Waals surface area contributed by atoms with Crippen molar-refractivity contribution in [3.63, 3.8) is 0 Å². The average Bonchev–Trinajstić information content (AvgIpc) is 2.65. The van der Waals surface area contributed by atoms with E-state index < -0.39 is 6.10 Å². The van der Waals surface area contributed by atoms with Crippen molar-refractivity contribution in [2.45, 2.75) is 6.10 Å². The summed E-state index contributed by atoms with van der Waals surface area (Å²) in [6.07, 6.45) is 4.06. The van der Waals surface area contributed by atoms with Crippen LogP contribution >= 0.6 is 22.9 Å². The van der Waals surface area contributed by atoms with Gasteiger partial charge in [-0.2, -0.15) is 0 Å². The molecule has 14 heavy (non-hydrogen) atoms. The molecule has 0 aromatic carbocycles. The van der Waals surface area contributed by atoms with E-state index in [1.165, 1.54) is 17.5 Å². The van der Waals surface area contributed by atoms with E-state index in [-0.39, 0.29) is 0 Å². The van der Waals surface area contributed by atoms with E-state index in [1.54, 1.807) is 24.5 Å². The molecule has 0 aliphatic heterocycles. The number of halogens is 1. The van der Waals surface area contributed by atoms with Gasteiger partial charge in [0.25, 0.3) is 0 Å². The third-order valence-corrected chi connectivity index (χ3v) is 2.90. The molecule has 0 amide bonds. The minimum atomic E-state index is -0.735. The van der Waals surface area contributed by atoms with Crippen LogP contribution in [-0.2, 0) is 0 Å². The number of rotatable bonds is 2. The van der Waals surface area contributed by atoms with Crippen molar-refractivity contribution < 1.29 is 5.11 Å². The van der Waals surface area contributed by atoms with E-state index in [0.717, 1.165) is 5.56 Å². The monoisotopic (exact) mass is 226 g/mol. The van der Waals surface area contributed by atoms with Gasteiger partial charge >= 0.3 is 0 Å². The summed E-state index contributed by atoms with van der Waals surface area (Å²) in [5.74, 6) is 0. The molecule has 1 atom stereocenters. The van der Waals surface area contributed by atoms with Crippen LogP contribution in [0.3, 0.4) is 0 Å². The lowest BCUT2D eigenvalue weighted by molar-refractivity contribution is 0.219. The van der Waals surface area contributed by atoms with Crippen molar-refractivity contribution in [2.75, 3.05) is 0 Å². The highest BCUT2D eigenvalue weighted by Gasteiger charge is 2.13. The van der Waals surface area contributed by atoms with E-state index in [2.05, 4.69) is 9.97 Å². The van der Waals surface area contributed by atoms with Crippen molar-refractivity contribution in [2.24, 2.45) is 0 Å². The Morgan fingerprint density at radius 1 is 1.43 bits per heavy atom. The third kappa shape index (κ3) is 1.92. The van der Waals surface area contributed by atoms with Crippen LogP contribution in [0.15, 0.2) is 30.7 Å². The molecule has 0 fully saturated rings. The first-order valence-electron chi connectivity index (χ1n) is 3.96. The Labute approximate surface area is 90.0 Å². The maximum Gasteiger partial charge on any atom is 0.132 e. The van der Waals surface area contributed by atoms with Gasteiger partial charge in [-0.15, -0.1) is 11.3 Å². The van der Waals surface area contributed by atoms with Crippen molar-refractivity contribution in [3.05, 3.63) is 45.6 Å². The summed E-state index contributed by atoms with van der Waals surface area (Å²) in [6, 6.07) is 3.57. The zero-order chi connectivity index (χ0) is 9.97. The molecule has 3 nitrogen and oxygen atoms in total. The summed E-state index contributed by atoms with van der Waals surface area (Å²) < 4.78 is 0.572. The Hall–Kier alpha value is -0.970. The summed E-state index contributed by atoms with van der Waals surface area (Å²) in [5, 5.41) is 10.4. The van der Waals surface area contributed by atoms with Crippen LogP contribution in [0.25, 0.3) is 0 Å². The molecule has 72 valence electrons. The Morgan fingerprint density at radius 2 is 2.29 bits per heavy atom. The highest BCUT2D eigenvalue weighted by Crippen LogP contribution is 2.27. The molecule has 0 radical (unpaired) electrons. The van der Waals surface area contributed by atoms with Gasteiger partial charge in [0.05, 0.1) is 6.20 Å².